The predicted molar refractivity (Wildman–Crippen MR) is 172 cm³/mol. The summed E-state index contributed by atoms with van der Waals surface area (Å²) in [6.45, 7) is 23.8. The molecule has 44 heavy (non-hydrogen) atoms. The van der Waals surface area contributed by atoms with Crippen LogP contribution in [0.4, 0.5) is 34.6 Å². The molecule has 12 heteroatoms. The van der Waals surface area contributed by atoms with Crippen LogP contribution in [0.25, 0.3) is 0 Å². The fourth-order valence-corrected chi connectivity index (χ4v) is 5.72. The summed E-state index contributed by atoms with van der Waals surface area (Å²) in [4.78, 5) is 4.98. The molecule has 4 aromatic rings. The fourth-order valence-electron chi connectivity index (χ4n) is 5.72. The van der Waals surface area contributed by atoms with Crippen molar-refractivity contribution < 1.29 is 9.13 Å². The van der Waals surface area contributed by atoms with Gasteiger partial charge in [0.15, 0.2) is 0 Å². The average molecular weight is 599 g/mol. The van der Waals surface area contributed by atoms with Crippen molar-refractivity contribution in [3.05, 3.63) is 59.2 Å². The number of hydrogen-bond donors (Lipinski definition) is 0. The van der Waals surface area contributed by atoms with Crippen LogP contribution in [0.15, 0.2) is 57.4 Å². The molecule has 0 amide bonds. The first kappa shape index (κ1) is 31.0. The Morgan fingerprint density at radius 3 is 1.30 bits per heavy atom. The summed E-state index contributed by atoms with van der Waals surface area (Å²) in [6.07, 6.45) is 3.63. The van der Waals surface area contributed by atoms with Gasteiger partial charge in [0.1, 0.15) is 11.4 Å². The molecule has 5 rings (SSSR count). The second kappa shape index (κ2) is 13.4. The third kappa shape index (κ3) is 6.24. The zero-order valence-corrected chi connectivity index (χ0v) is 27.5. The summed E-state index contributed by atoms with van der Waals surface area (Å²) in [5.74, 6) is 1.53. The van der Waals surface area contributed by atoms with Crippen molar-refractivity contribution in [2.45, 2.75) is 81.6 Å². The Morgan fingerprint density at radius 2 is 0.955 bits per heavy atom. The van der Waals surface area contributed by atoms with E-state index in [1.165, 1.54) is 22.5 Å². The van der Waals surface area contributed by atoms with Crippen LogP contribution in [0.3, 0.4) is 0 Å². The first-order valence-corrected chi connectivity index (χ1v) is 15.7. The quantitative estimate of drug-likeness (QED) is 0.162. The van der Waals surface area contributed by atoms with E-state index in [0.717, 1.165) is 86.8 Å². The lowest BCUT2D eigenvalue weighted by atomic mass is 10.1. The number of nitrogens with zero attached hydrogens (tertiary/aromatic N) is 12. The lowest BCUT2D eigenvalue weighted by Gasteiger charge is -2.39. The van der Waals surface area contributed by atoms with E-state index in [1.807, 2.05) is 31.2 Å². The molecule has 1 aliphatic heterocycles. The summed E-state index contributed by atoms with van der Waals surface area (Å²) < 4.78 is 7.76. The molecule has 1 fully saturated rings. The van der Waals surface area contributed by atoms with Crippen LogP contribution in [0.1, 0.15) is 49.9 Å². The van der Waals surface area contributed by atoms with E-state index < -0.39 is 0 Å². The second-order valence-corrected chi connectivity index (χ2v) is 11.3. The molecule has 0 spiro atoms. The van der Waals surface area contributed by atoms with Gasteiger partial charge in [-0.2, -0.15) is 0 Å². The number of rotatable bonds is 10. The largest absolute Gasteiger partial charge is 0.403 e. The molecule has 1 aliphatic rings. The van der Waals surface area contributed by atoms with Gasteiger partial charge in [-0.15, -0.1) is 9.36 Å². The Balaban J connectivity index is 1.28. The minimum absolute atomic E-state index is 0.754. The number of anilines is 2. The van der Waals surface area contributed by atoms with Crippen LogP contribution in [-0.2, 0) is 26.2 Å². The number of aryl methyl sites for hydroxylation is 8. The van der Waals surface area contributed by atoms with E-state index in [1.54, 1.807) is 0 Å². The topological polar surface area (TPSA) is 99.3 Å². The molecular weight excluding hydrogens is 552 g/mol. The van der Waals surface area contributed by atoms with Gasteiger partial charge >= 0.3 is 11.9 Å². The molecule has 0 saturated carbocycles. The molecule has 0 N–H and O–H groups in total. The molecule has 12 nitrogen and oxygen atoms in total. The number of azo groups is 2. The van der Waals surface area contributed by atoms with Crippen LogP contribution < -0.4 is 18.9 Å². The first-order valence-electron chi connectivity index (χ1n) is 15.7. The molecule has 0 unspecified atom stereocenters. The van der Waals surface area contributed by atoms with Gasteiger partial charge < -0.3 is 9.80 Å². The normalized spacial score (nSPS) is 14.1. The molecule has 2 aromatic carbocycles. The maximum Gasteiger partial charge on any atom is 0.403 e. The number of benzene rings is 2. The highest BCUT2D eigenvalue weighted by Gasteiger charge is 2.23. The highest BCUT2D eigenvalue weighted by atomic mass is 15.4. The van der Waals surface area contributed by atoms with Crippen LogP contribution >= 0.6 is 0 Å². The molecule has 1 saturated heterocycles. The summed E-state index contributed by atoms with van der Waals surface area (Å²) in [5, 5.41) is 27.2. The van der Waals surface area contributed by atoms with Crippen LogP contribution in [0.2, 0.25) is 0 Å². The van der Waals surface area contributed by atoms with Gasteiger partial charge in [0.2, 0.25) is 12.7 Å². The lowest BCUT2D eigenvalue weighted by Crippen LogP contribution is -2.47. The smallest absolute Gasteiger partial charge is 0.368 e. The Bertz CT molecular complexity index is 1500. The van der Waals surface area contributed by atoms with Gasteiger partial charge in [-0.25, -0.2) is 9.13 Å². The number of hydrogen-bond acceptors (Lipinski definition) is 8. The molecule has 2 aromatic heterocycles. The zero-order chi connectivity index (χ0) is 31.4. The Kier molecular flexibility index (Phi) is 9.46. The van der Waals surface area contributed by atoms with Crippen LogP contribution in [0, 0.1) is 27.7 Å². The van der Waals surface area contributed by atoms with E-state index in [-0.39, 0.29) is 0 Å². The molecule has 0 aliphatic carbocycles. The maximum absolute atomic E-state index is 4.63. The highest BCUT2D eigenvalue weighted by Crippen LogP contribution is 2.33. The third-order valence-electron chi connectivity index (χ3n) is 8.40. The number of aromatic nitrogens is 6. The summed E-state index contributed by atoms with van der Waals surface area (Å²) in [6, 6.07) is 8.82. The third-order valence-corrected chi connectivity index (χ3v) is 8.40. The van der Waals surface area contributed by atoms with E-state index in [9.17, 15) is 0 Å². The monoisotopic (exact) mass is 598 g/mol. The molecule has 0 radical (unpaired) electrons. The molecule has 3 heterocycles. The van der Waals surface area contributed by atoms with E-state index in [0.29, 0.717) is 0 Å². The van der Waals surface area contributed by atoms with Crippen molar-refractivity contribution in [3.63, 3.8) is 0 Å². The van der Waals surface area contributed by atoms with E-state index >= 15 is 0 Å². The molecule has 232 valence electrons. The first-order chi connectivity index (χ1) is 21.3. The minimum Gasteiger partial charge on any atom is -0.368 e. The summed E-state index contributed by atoms with van der Waals surface area (Å²) in [5.41, 5.74) is 8.97. The SMILES string of the molecule is CCn1nc[n+](CC)c1N=Nc1cc(C)c(N2CCN(c3cc(C)c(N=Nc4n(CC)nc[n+]4CC)cc3C)CC2)cc1C. The molecule has 0 atom stereocenters. The Morgan fingerprint density at radius 1 is 0.568 bits per heavy atom. The van der Waals surface area contributed by atoms with Crippen molar-refractivity contribution in [2.24, 2.45) is 20.5 Å². The van der Waals surface area contributed by atoms with Crippen molar-refractivity contribution in [1.29, 1.82) is 0 Å². The van der Waals surface area contributed by atoms with Gasteiger partial charge in [-0.3, -0.25) is 0 Å². The van der Waals surface area contributed by atoms with Gasteiger partial charge in [0, 0.05) is 47.8 Å². The van der Waals surface area contributed by atoms with Crippen molar-refractivity contribution in [3.8, 4) is 0 Å². The Hall–Kier alpha value is -4.48. The second-order valence-electron chi connectivity index (χ2n) is 11.3. The van der Waals surface area contributed by atoms with Gasteiger partial charge in [0.25, 0.3) is 0 Å². The highest BCUT2D eigenvalue weighted by molar-refractivity contribution is 5.66. The van der Waals surface area contributed by atoms with Gasteiger partial charge in [-0.05, 0) is 112 Å². The summed E-state index contributed by atoms with van der Waals surface area (Å²) >= 11 is 0. The van der Waals surface area contributed by atoms with Crippen molar-refractivity contribution in [1.82, 2.24) is 19.6 Å². The zero-order valence-electron chi connectivity index (χ0n) is 27.5. The van der Waals surface area contributed by atoms with E-state index in [4.69, 9.17) is 0 Å². The lowest BCUT2D eigenvalue weighted by molar-refractivity contribution is -0.681. The molecular formula is C32H46N12+2. The average Bonchev–Trinajstić information content (AvgIpc) is 3.64. The Labute approximate surface area is 260 Å². The predicted octanol–water partition coefficient (Wildman–Crippen LogP) is 6.13. The number of piperazine rings is 1. The van der Waals surface area contributed by atoms with Crippen molar-refractivity contribution >= 4 is 34.6 Å². The minimum atomic E-state index is 0.754. The standard InChI is InChI=1S/C32H46N12/c1-9-39-21-33-43(11-3)31(39)37-35-27-17-25(7)29(19-23(27)5)41-13-15-42(16-14-41)30-20-24(6)28(18-26(30)8)36-38-32-40(10-2)22-34-44(32)12-4/h17-22H,9-16H2,1-8H3/q+2. The fraction of sp³-hybridized carbons (Fsp3) is 0.500. The maximum atomic E-state index is 4.63. The van der Waals surface area contributed by atoms with Crippen LogP contribution in [-0.4, -0.2) is 45.7 Å². The van der Waals surface area contributed by atoms with Gasteiger partial charge in [0.05, 0.1) is 26.2 Å². The molecule has 0 bridgehead atoms. The van der Waals surface area contributed by atoms with Crippen LogP contribution in [0.5, 0.6) is 0 Å². The summed E-state index contributed by atoms with van der Waals surface area (Å²) in [7, 11) is 0. The van der Waals surface area contributed by atoms with Crippen molar-refractivity contribution in [2.75, 3.05) is 36.0 Å². The van der Waals surface area contributed by atoms with Gasteiger partial charge in [-0.1, -0.05) is 10.2 Å². The van der Waals surface area contributed by atoms with E-state index in [2.05, 4.69) is 120 Å².